The molecule has 1 aliphatic carbocycles. The molecule has 36 heavy (non-hydrogen) atoms. The van der Waals surface area contributed by atoms with E-state index in [1.807, 2.05) is 12.2 Å². The van der Waals surface area contributed by atoms with Gasteiger partial charge < -0.3 is 0 Å². The van der Waals surface area contributed by atoms with Gasteiger partial charge >= 0.3 is 0 Å². The van der Waals surface area contributed by atoms with Gasteiger partial charge in [0.05, 0.1) is 18.0 Å². The van der Waals surface area contributed by atoms with Crippen molar-refractivity contribution in [3.63, 3.8) is 0 Å². The van der Waals surface area contributed by atoms with Crippen LogP contribution < -0.4 is 0 Å². The van der Waals surface area contributed by atoms with E-state index in [4.69, 9.17) is 0 Å². The molecule has 5 rings (SSSR count). The Bertz CT molecular complexity index is 1610. The van der Waals surface area contributed by atoms with Crippen molar-refractivity contribution in [1.82, 2.24) is 14.8 Å². The quantitative estimate of drug-likeness (QED) is 0.305. The number of benzene rings is 2. The van der Waals surface area contributed by atoms with Crippen molar-refractivity contribution in [2.24, 2.45) is 0 Å². The number of rotatable bonds is 7. The van der Waals surface area contributed by atoms with Crippen LogP contribution in [0.2, 0.25) is 0 Å². The van der Waals surface area contributed by atoms with Gasteiger partial charge in [-0.1, -0.05) is 24.3 Å². The van der Waals surface area contributed by atoms with E-state index in [1.54, 1.807) is 18.5 Å². The molecule has 0 aliphatic heterocycles. The zero-order chi connectivity index (χ0) is 25.4. The van der Waals surface area contributed by atoms with Crippen LogP contribution in [0.1, 0.15) is 16.8 Å². The normalized spacial score (nSPS) is 12.8. The van der Waals surface area contributed by atoms with Gasteiger partial charge in [-0.3, -0.25) is 9.67 Å². The smallest absolute Gasteiger partial charge is 0.185 e. The van der Waals surface area contributed by atoms with Crippen LogP contribution >= 0.6 is 0 Å². The zero-order valence-corrected chi connectivity index (χ0v) is 19.6. The maximum atomic E-state index is 15.8. The number of aromatic nitrogens is 3. The highest BCUT2D eigenvalue weighted by molar-refractivity contribution is 7.90. The Kier molecular flexibility index (Phi) is 6.21. The summed E-state index contributed by atoms with van der Waals surface area (Å²) in [4.78, 5) is 3.51. The second-order valence-corrected chi connectivity index (χ2v) is 10.2. The predicted octanol–water partition coefficient (Wildman–Crippen LogP) is 5.54. The number of aryl methyl sites for hydroxylation is 1. The lowest BCUT2D eigenvalue weighted by Gasteiger charge is -2.11. The third kappa shape index (κ3) is 4.32. The molecule has 0 fully saturated rings. The molecule has 0 atom stereocenters. The van der Waals surface area contributed by atoms with Gasteiger partial charge in [-0.05, 0) is 35.9 Å². The highest BCUT2D eigenvalue weighted by Crippen LogP contribution is 2.38. The largest absolute Gasteiger partial charge is 0.269 e. The van der Waals surface area contributed by atoms with E-state index in [2.05, 4.69) is 10.1 Å². The summed E-state index contributed by atoms with van der Waals surface area (Å²) in [5.74, 6) is -3.81. The Morgan fingerprint density at radius 2 is 1.83 bits per heavy atom. The van der Waals surface area contributed by atoms with E-state index in [0.717, 1.165) is 22.9 Å². The van der Waals surface area contributed by atoms with Gasteiger partial charge in [-0.2, -0.15) is 5.10 Å². The van der Waals surface area contributed by atoms with Crippen molar-refractivity contribution in [2.75, 3.05) is 6.67 Å². The molecule has 10 heteroatoms. The molecule has 0 unspecified atom stereocenters. The number of alkyl halides is 1. The third-order valence-electron chi connectivity index (χ3n) is 5.94. The predicted molar refractivity (Wildman–Crippen MR) is 127 cm³/mol. The molecule has 4 aromatic rings. The van der Waals surface area contributed by atoms with E-state index in [9.17, 15) is 21.6 Å². The molecule has 2 aromatic carbocycles. The molecule has 0 radical (unpaired) electrons. The lowest BCUT2D eigenvalue weighted by molar-refractivity contribution is 0.427. The number of allylic oxidation sites excluding steroid dienone is 1. The van der Waals surface area contributed by atoms with Crippen molar-refractivity contribution in [3.8, 4) is 22.4 Å². The molecule has 0 saturated heterocycles. The molecule has 2 aromatic heterocycles. The van der Waals surface area contributed by atoms with Gasteiger partial charge in [0.15, 0.2) is 9.84 Å². The first-order chi connectivity index (χ1) is 17.3. The molecule has 0 N–H and O–H groups in total. The number of hydrogen-bond donors (Lipinski definition) is 0. The summed E-state index contributed by atoms with van der Waals surface area (Å²) in [6, 6.07) is 8.00. The summed E-state index contributed by atoms with van der Waals surface area (Å²) in [5.41, 5.74) is 2.92. The number of hydrogen-bond acceptors (Lipinski definition) is 4. The lowest BCUT2D eigenvalue weighted by atomic mass is 9.97. The number of sulfone groups is 1. The minimum atomic E-state index is -4.41. The number of pyridine rings is 1. The van der Waals surface area contributed by atoms with Gasteiger partial charge in [0, 0.05) is 41.1 Å². The standard InChI is InChI=1S/C26H19F4N3O2S/c27-10-12-33-14-21(18-9-11-31-23-6-2-4-19(18)23)26(32-33)20-5-1-3-16(25(20)30)15-36(34,35)24-13-17(28)7-8-22(24)29/h1-5,7-9,11,13-14H,6,10,12,15H2. The second kappa shape index (κ2) is 9.34. The van der Waals surface area contributed by atoms with Crippen molar-refractivity contribution < 1.29 is 26.0 Å². The molecule has 2 heterocycles. The molecule has 0 bridgehead atoms. The van der Waals surface area contributed by atoms with Crippen molar-refractivity contribution >= 4 is 15.9 Å². The van der Waals surface area contributed by atoms with Crippen LogP contribution in [0.3, 0.4) is 0 Å². The number of nitrogens with zero attached hydrogens (tertiary/aromatic N) is 3. The second-order valence-electron chi connectivity index (χ2n) is 8.28. The van der Waals surface area contributed by atoms with Gasteiger partial charge in [0.25, 0.3) is 0 Å². The summed E-state index contributed by atoms with van der Waals surface area (Å²) in [6.07, 6.45) is 7.74. The van der Waals surface area contributed by atoms with Crippen LogP contribution in [0, 0.1) is 17.5 Å². The van der Waals surface area contributed by atoms with Gasteiger partial charge in [-0.25, -0.2) is 26.0 Å². The first kappa shape index (κ1) is 23.9. The maximum absolute atomic E-state index is 15.8. The Labute approximate surface area is 204 Å². The summed E-state index contributed by atoms with van der Waals surface area (Å²) in [5, 5.41) is 4.39. The van der Waals surface area contributed by atoms with E-state index >= 15 is 4.39 Å². The first-order valence-corrected chi connectivity index (χ1v) is 12.7. The van der Waals surface area contributed by atoms with Gasteiger partial charge in [0.2, 0.25) is 0 Å². The van der Waals surface area contributed by atoms with Crippen LogP contribution in [0.15, 0.2) is 65.8 Å². The molecular formula is C26H19F4N3O2S. The SMILES string of the molecule is O=S(=O)(Cc1cccc(-c2nn(CCF)cc2-c2ccnc3c2C=CC3)c1F)c1cc(F)ccc1F. The summed E-state index contributed by atoms with van der Waals surface area (Å²) in [6.45, 7) is -0.737. The van der Waals surface area contributed by atoms with Gasteiger partial charge in [0.1, 0.15) is 34.7 Å². The molecule has 0 spiro atoms. The molecule has 5 nitrogen and oxygen atoms in total. The van der Waals surface area contributed by atoms with Crippen LogP contribution in [-0.4, -0.2) is 29.9 Å². The van der Waals surface area contributed by atoms with Crippen molar-refractivity contribution in [1.29, 1.82) is 0 Å². The van der Waals surface area contributed by atoms with Crippen LogP contribution in [0.4, 0.5) is 17.6 Å². The molecule has 0 saturated carbocycles. The molecular weight excluding hydrogens is 494 g/mol. The van der Waals surface area contributed by atoms with E-state index in [0.29, 0.717) is 24.1 Å². The Morgan fingerprint density at radius 3 is 2.64 bits per heavy atom. The zero-order valence-electron chi connectivity index (χ0n) is 18.8. The van der Waals surface area contributed by atoms with Gasteiger partial charge in [-0.15, -0.1) is 0 Å². The maximum Gasteiger partial charge on any atom is 0.185 e. The average molecular weight is 514 g/mol. The van der Waals surface area contributed by atoms with E-state index in [1.165, 1.54) is 22.9 Å². The van der Waals surface area contributed by atoms with E-state index in [-0.39, 0.29) is 23.4 Å². The fraction of sp³-hybridized carbons (Fsp3) is 0.154. The minimum absolute atomic E-state index is 0.00237. The number of fused-ring (bicyclic) bond motifs is 1. The minimum Gasteiger partial charge on any atom is -0.269 e. The highest BCUT2D eigenvalue weighted by atomic mass is 32.2. The van der Waals surface area contributed by atoms with Crippen LogP contribution in [-0.2, 0) is 28.6 Å². The third-order valence-corrected chi connectivity index (χ3v) is 7.62. The van der Waals surface area contributed by atoms with Crippen molar-refractivity contribution in [2.45, 2.75) is 23.6 Å². The van der Waals surface area contributed by atoms with Crippen molar-refractivity contribution in [3.05, 3.63) is 95.2 Å². The van der Waals surface area contributed by atoms with Crippen LogP contribution in [0.5, 0.6) is 0 Å². The Balaban J connectivity index is 1.61. The lowest BCUT2D eigenvalue weighted by Crippen LogP contribution is -2.09. The molecule has 0 amide bonds. The Morgan fingerprint density at radius 1 is 1.00 bits per heavy atom. The summed E-state index contributed by atoms with van der Waals surface area (Å²) in [7, 11) is -4.41. The summed E-state index contributed by atoms with van der Waals surface area (Å²) < 4.78 is 83.6. The van der Waals surface area contributed by atoms with E-state index < -0.39 is 44.6 Å². The fourth-order valence-electron chi connectivity index (χ4n) is 4.28. The average Bonchev–Trinajstić information content (AvgIpc) is 3.49. The first-order valence-electron chi connectivity index (χ1n) is 11.0. The fourth-order valence-corrected chi connectivity index (χ4v) is 5.72. The topological polar surface area (TPSA) is 64.8 Å². The molecule has 1 aliphatic rings. The van der Waals surface area contributed by atoms with Crippen LogP contribution in [0.25, 0.3) is 28.5 Å². The molecule has 184 valence electrons. The monoisotopic (exact) mass is 513 g/mol. The summed E-state index contributed by atoms with van der Waals surface area (Å²) >= 11 is 0. The Hall–Kier alpha value is -3.79. The number of halogens is 4. The highest BCUT2D eigenvalue weighted by Gasteiger charge is 2.26.